The van der Waals surface area contributed by atoms with Gasteiger partial charge in [-0.1, -0.05) is 59.7 Å². The summed E-state index contributed by atoms with van der Waals surface area (Å²) >= 11 is 3.53. The molecule has 0 aromatic carbocycles. The van der Waals surface area contributed by atoms with Gasteiger partial charge in [-0.15, -0.1) is 0 Å². The van der Waals surface area contributed by atoms with Gasteiger partial charge in [0.15, 0.2) is 0 Å². The van der Waals surface area contributed by atoms with E-state index >= 15 is 0 Å². The monoisotopic (exact) mass is 256 g/mol. The molecular formula is C13H21Br. The lowest BCUT2D eigenvalue weighted by Crippen LogP contribution is -1.89. The molecule has 0 aromatic heterocycles. The van der Waals surface area contributed by atoms with Gasteiger partial charge in [0.1, 0.15) is 0 Å². The molecule has 0 N–H and O–H groups in total. The molecule has 0 rings (SSSR count). The quantitative estimate of drug-likeness (QED) is 0.479. The third kappa shape index (κ3) is 6.20. The third-order valence-electron chi connectivity index (χ3n) is 2.04. The van der Waals surface area contributed by atoms with E-state index in [1.165, 1.54) is 11.1 Å². The molecule has 0 saturated heterocycles. The van der Waals surface area contributed by atoms with Crippen LogP contribution in [0.2, 0.25) is 0 Å². The molecule has 1 atom stereocenters. The van der Waals surface area contributed by atoms with E-state index in [9.17, 15) is 0 Å². The second kappa shape index (κ2) is 8.05. The predicted octanol–water partition coefficient (Wildman–Crippen LogP) is 5.02. The van der Waals surface area contributed by atoms with Gasteiger partial charge in [-0.2, -0.15) is 0 Å². The first-order valence-corrected chi connectivity index (χ1v) is 6.21. The van der Waals surface area contributed by atoms with Crippen LogP contribution in [0.15, 0.2) is 35.5 Å². The van der Waals surface area contributed by atoms with Crippen LogP contribution < -0.4 is 0 Å². The summed E-state index contributed by atoms with van der Waals surface area (Å²) in [6.07, 6.45) is 11.0. The van der Waals surface area contributed by atoms with E-state index in [2.05, 4.69) is 67.9 Å². The normalized spacial score (nSPS) is 16.4. The number of halogens is 1. The zero-order valence-corrected chi connectivity index (χ0v) is 11.3. The highest BCUT2D eigenvalue weighted by molar-refractivity contribution is 9.09. The Labute approximate surface area is 96.9 Å². The van der Waals surface area contributed by atoms with E-state index < -0.39 is 0 Å². The summed E-state index contributed by atoms with van der Waals surface area (Å²) in [7, 11) is 0. The molecule has 0 heterocycles. The van der Waals surface area contributed by atoms with Crippen molar-refractivity contribution >= 4 is 15.9 Å². The van der Waals surface area contributed by atoms with E-state index in [1.807, 2.05) is 0 Å². The van der Waals surface area contributed by atoms with Crippen molar-refractivity contribution < 1.29 is 0 Å². The van der Waals surface area contributed by atoms with E-state index in [0.717, 1.165) is 12.8 Å². The van der Waals surface area contributed by atoms with Crippen LogP contribution in [-0.2, 0) is 0 Å². The fourth-order valence-electron chi connectivity index (χ4n) is 1.30. The third-order valence-corrected chi connectivity index (χ3v) is 2.30. The molecule has 0 fully saturated rings. The molecule has 14 heavy (non-hydrogen) atoms. The van der Waals surface area contributed by atoms with E-state index in [0.29, 0.717) is 4.83 Å². The Morgan fingerprint density at radius 3 is 2.43 bits per heavy atom. The number of allylic oxidation sites excluding steroid dienone is 6. The lowest BCUT2D eigenvalue weighted by Gasteiger charge is -2.05. The average molecular weight is 257 g/mol. The van der Waals surface area contributed by atoms with Gasteiger partial charge in [0.25, 0.3) is 0 Å². The van der Waals surface area contributed by atoms with Crippen LogP contribution in [0.25, 0.3) is 0 Å². The van der Waals surface area contributed by atoms with Gasteiger partial charge in [0.2, 0.25) is 0 Å². The molecule has 0 bridgehead atoms. The molecule has 0 radical (unpaired) electrons. The highest BCUT2D eigenvalue weighted by Gasteiger charge is 1.97. The van der Waals surface area contributed by atoms with Crippen molar-refractivity contribution in [2.24, 2.45) is 0 Å². The number of hydrogen-bond acceptors (Lipinski definition) is 0. The fourth-order valence-corrected chi connectivity index (χ4v) is 1.70. The van der Waals surface area contributed by atoms with Crippen molar-refractivity contribution in [3.8, 4) is 0 Å². The van der Waals surface area contributed by atoms with Crippen molar-refractivity contribution in [3.63, 3.8) is 0 Å². The zero-order valence-electron chi connectivity index (χ0n) is 9.68. The maximum atomic E-state index is 3.53. The zero-order chi connectivity index (χ0) is 11.0. The van der Waals surface area contributed by atoms with Crippen LogP contribution >= 0.6 is 15.9 Å². The minimum atomic E-state index is 0.451. The minimum Gasteiger partial charge on any atom is -0.0848 e. The lowest BCUT2D eigenvalue weighted by molar-refractivity contribution is 1.09. The Kier molecular flexibility index (Phi) is 7.87. The van der Waals surface area contributed by atoms with Crippen LogP contribution in [0.5, 0.6) is 0 Å². The summed E-state index contributed by atoms with van der Waals surface area (Å²) in [5.41, 5.74) is 2.79. The Morgan fingerprint density at radius 2 is 2.00 bits per heavy atom. The molecule has 0 saturated carbocycles. The van der Waals surface area contributed by atoms with E-state index in [1.54, 1.807) is 0 Å². The van der Waals surface area contributed by atoms with Gasteiger partial charge >= 0.3 is 0 Å². The molecule has 0 amide bonds. The number of hydrogen-bond donors (Lipinski definition) is 0. The van der Waals surface area contributed by atoms with Crippen molar-refractivity contribution in [1.29, 1.82) is 0 Å². The first-order chi connectivity index (χ1) is 6.61. The Bertz CT molecular complexity index is 232. The van der Waals surface area contributed by atoms with Crippen molar-refractivity contribution in [2.75, 3.05) is 0 Å². The van der Waals surface area contributed by atoms with E-state index in [4.69, 9.17) is 0 Å². The van der Waals surface area contributed by atoms with Gasteiger partial charge in [0.05, 0.1) is 0 Å². The Hall–Kier alpha value is -0.300. The molecule has 0 aliphatic rings. The van der Waals surface area contributed by atoms with Crippen LogP contribution in [0.1, 0.15) is 40.5 Å². The highest BCUT2D eigenvalue weighted by atomic mass is 79.9. The standard InChI is InChI=1S/C13H21Br/c1-5-7-8-9-13(6-2)11(3)10-12(4)14/h7-10,12H,5-6H2,1-4H3/b8-7-,11-10?,13-9-. The van der Waals surface area contributed by atoms with Gasteiger partial charge in [-0.25, -0.2) is 0 Å². The Balaban J connectivity index is 4.55. The largest absolute Gasteiger partial charge is 0.0848 e. The first kappa shape index (κ1) is 13.7. The second-order valence-corrected chi connectivity index (χ2v) is 4.85. The Morgan fingerprint density at radius 1 is 1.36 bits per heavy atom. The summed E-state index contributed by atoms with van der Waals surface area (Å²) < 4.78 is 0. The summed E-state index contributed by atoms with van der Waals surface area (Å²) in [5, 5.41) is 0. The maximum Gasteiger partial charge on any atom is 0.0302 e. The van der Waals surface area contributed by atoms with Gasteiger partial charge in [-0.05, 0) is 32.3 Å². The topological polar surface area (TPSA) is 0 Å². The molecule has 0 aromatic rings. The van der Waals surface area contributed by atoms with Crippen LogP contribution in [0, 0.1) is 0 Å². The minimum absolute atomic E-state index is 0.451. The number of rotatable bonds is 5. The van der Waals surface area contributed by atoms with Crippen LogP contribution in [0.3, 0.4) is 0 Å². The summed E-state index contributed by atoms with van der Waals surface area (Å²) in [6.45, 7) is 8.66. The highest BCUT2D eigenvalue weighted by Crippen LogP contribution is 2.16. The lowest BCUT2D eigenvalue weighted by atomic mass is 10.0. The molecular weight excluding hydrogens is 236 g/mol. The summed E-state index contributed by atoms with van der Waals surface area (Å²) in [6, 6.07) is 0. The average Bonchev–Trinajstić information content (AvgIpc) is 2.11. The van der Waals surface area contributed by atoms with Crippen molar-refractivity contribution in [2.45, 2.75) is 45.4 Å². The molecule has 0 aliphatic heterocycles. The van der Waals surface area contributed by atoms with E-state index in [-0.39, 0.29) is 0 Å². The van der Waals surface area contributed by atoms with Gasteiger partial charge in [0, 0.05) is 4.83 Å². The maximum absolute atomic E-state index is 3.53. The molecule has 1 unspecified atom stereocenters. The smallest absolute Gasteiger partial charge is 0.0302 e. The summed E-state index contributed by atoms with van der Waals surface area (Å²) in [5.74, 6) is 0. The molecule has 0 nitrogen and oxygen atoms in total. The number of alkyl halides is 1. The SMILES string of the molecule is CC/C=C\C=C(\CC)C(C)=CC(C)Br. The second-order valence-electron chi connectivity index (χ2n) is 3.41. The van der Waals surface area contributed by atoms with Crippen LogP contribution in [-0.4, -0.2) is 4.83 Å². The molecule has 0 spiro atoms. The summed E-state index contributed by atoms with van der Waals surface area (Å²) in [4.78, 5) is 0.451. The van der Waals surface area contributed by atoms with Gasteiger partial charge in [-0.3, -0.25) is 0 Å². The van der Waals surface area contributed by atoms with Crippen molar-refractivity contribution in [3.05, 3.63) is 35.5 Å². The molecule has 0 aliphatic carbocycles. The fraction of sp³-hybridized carbons (Fsp3) is 0.538. The molecule has 80 valence electrons. The van der Waals surface area contributed by atoms with Crippen molar-refractivity contribution in [1.82, 2.24) is 0 Å². The predicted molar refractivity (Wildman–Crippen MR) is 70.0 cm³/mol. The van der Waals surface area contributed by atoms with Crippen LogP contribution in [0.4, 0.5) is 0 Å². The molecule has 1 heteroatoms. The first-order valence-electron chi connectivity index (χ1n) is 5.30. The van der Waals surface area contributed by atoms with Gasteiger partial charge < -0.3 is 0 Å².